The largest absolute Gasteiger partial charge is 0.478 e. The zero-order valence-corrected chi connectivity index (χ0v) is 10.8. The van der Waals surface area contributed by atoms with E-state index in [-0.39, 0.29) is 22.1 Å². The molecule has 0 bridgehead atoms. The number of sulfonamides is 1. The maximum Gasteiger partial charge on any atom is 0.335 e. The van der Waals surface area contributed by atoms with Crippen molar-refractivity contribution < 1.29 is 18.3 Å². The van der Waals surface area contributed by atoms with Gasteiger partial charge in [-0.1, -0.05) is 12.5 Å². The molecule has 18 heavy (non-hydrogen) atoms. The van der Waals surface area contributed by atoms with E-state index in [4.69, 9.17) is 5.11 Å². The Balaban J connectivity index is 2.37. The van der Waals surface area contributed by atoms with Crippen LogP contribution in [0.1, 0.15) is 35.2 Å². The summed E-state index contributed by atoms with van der Waals surface area (Å²) in [5.74, 6) is -1.12. The van der Waals surface area contributed by atoms with E-state index in [1.165, 1.54) is 25.1 Å². The van der Waals surface area contributed by atoms with Crippen LogP contribution in [-0.4, -0.2) is 25.5 Å². The molecule has 2 rings (SSSR count). The standard InChI is InChI=1S/C12H15NO4S/c1-8-10(12(14)15)6-3-7-11(8)18(16,17)13-9-4-2-5-9/h3,6-7,9,13H,2,4-5H2,1H3,(H,14,15). The van der Waals surface area contributed by atoms with Crippen molar-refractivity contribution in [3.63, 3.8) is 0 Å². The van der Waals surface area contributed by atoms with Gasteiger partial charge in [0.25, 0.3) is 0 Å². The number of hydrogen-bond acceptors (Lipinski definition) is 3. The first-order valence-electron chi connectivity index (χ1n) is 5.77. The lowest BCUT2D eigenvalue weighted by molar-refractivity contribution is 0.0696. The summed E-state index contributed by atoms with van der Waals surface area (Å²) >= 11 is 0. The summed E-state index contributed by atoms with van der Waals surface area (Å²) in [6.07, 6.45) is 2.72. The van der Waals surface area contributed by atoms with Crippen LogP contribution in [0.5, 0.6) is 0 Å². The van der Waals surface area contributed by atoms with E-state index in [0.717, 1.165) is 19.3 Å². The minimum Gasteiger partial charge on any atom is -0.478 e. The lowest BCUT2D eigenvalue weighted by atomic mass is 9.94. The second kappa shape index (κ2) is 4.70. The van der Waals surface area contributed by atoms with Crippen LogP contribution < -0.4 is 4.72 Å². The molecule has 5 nitrogen and oxygen atoms in total. The smallest absolute Gasteiger partial charge is 0.335 e. The van der Waals surface area contributed by atoms with Gasteiger partial charge in [-0.05, 0) is 37.5 Å². The highest BCUT2D eigenvalue weighted by Crippen LogP contribution is 2.23. The van der Waals surface area contributed by atoms with E-state index in [2.05, 4.69) is 4.72 Å². The molecule has 1 aromatic rings. The topological polar surface area (TPSA) is 83.5 Å². The average molecular weight is 269 g/mol. The molecule has 0 amide bonds. The maximum absolute atomic E-state index is 12.1. The van der Waals surface area contributed by atoms with Gasteiger partial charge >= 0.3 is 5.97 Å². The third-order valence-electron chi connectivity index (χ3n) is 3.23. The number of aromatic carboxylic acids is 1. The fourth-order valence-corrected chi connectivity index (χ4v) is 3.52. The molecule has 6 heteroatoms. The van der Waals surface area contributed by atoms with Crippen LogP contribution in [0.4, 0.5) is 0 Å². The van der Waals surface area contributed by atoms with Gasteiger partial charge < -0.3 is 5.11 Å². The van der Waals surface area contributed by atoms with Crippen LogP contribution in [0.25, 0.3) is 0 Å². The molecule has 0 unspecified atom stereocenters. The van der Waals surface area contributed by atoms with Crippen molar-refractivity contribution in [2.45, 2.75) is 37.1 Å². The Morgan fingerprint density at radius 3 is 2.56 bits per heavy atom. The highest BCUT2D eigenvalue weighted by atomic mass is 32.2. The molecule has 1 aromatic carbocycles. The zero-order chi connectivity index (χ0) is 13.3. The van der Waals surface area contributed by atoms with E-state index >= 15 is 0 Å². The second-order valence-corrected chi connectivity index (χ2v) is 6.17. The number of carboxylic acid groups (broad SMARTS) is 1. The van der Waals surface area contributed by atoms with Gasteiger partial charge in [-0.15, -0.1) is 0 Å². The molecule has 0 heterocycles. The Kier molecular flexibility index (Phi) is 3.41. The van der Waals surface area contributed by atoms with E-state index < -0.39 is 16.0 Å². The van der Waals surface area contributed by atoms with Crippen molar-refractivity contribution in [3.8, 4) is 0 Å². The van der Waals surface area contributed by atoms with Gasteiger partial charge in [-0.25, -0.2) is 17.9 Å². The summed E-state index contributed by atoms with van der Waals surface area (Å²) in [7, 11) is -3.62. The highest BCUT2D eigenvalue weighted by molar-refractivity contribution is 7.89. The lowest BCUT2D eigenvalue weighted by Gasteiger charge is -2.26. The quantitative estimate of drug-likeness (QED) is 0.868. The molecule has 2 N–H and O–H groups in total. The van der Waals surface area contributed by atoms with Gasteiger partial charge in [-0.3, -0.25) is 0 Å². The molecule has 0 spiro atoms. The van der Waals surface area contributed by atoms with E-state index in [1.807, 2.05) is 0 Å². The summed E-state index contributed by atoms with van der Waals surface area (Å²) in [4.78, 5) is 11.0. The second-order valence-electron chi connectivity index (χ2n) is 4.48. The Labute approximate surface area is 106 Å². The number of benzene rings is 1. The number of hydrogen-bond donors (Lipinski definition) is 2. The van der Waals surface area contributed by atoms with Crippen LogP contribution in [0.3, 0.4) is 0 Å². The van der Waals surface area contributed by atoms with Crippen molar-refractivity contribution in [1.82, 2.24) is 4.72 Å². The van der Waals surface area contributed by atoms with Gasteiger partial charge in [0, 0.05) is 6.04 Å². The number of rotatable bonds is 4. The summed E-state index contributed by atoms with van der Waals surface area (Å²) in [6.45, 7) is 1.51. The van der Waals surface area contributed by atoms with E-state index in [9.17, 15) is 13.2 Å². The SMILES string of the molecule is Cc1c(C(=O)O)cccc1S(=O)(=O)NC1CCC1. The Hall–Kier alpha value is -1.40. The van der Waals surface area contributed by atoms with Crippen LogP contribution >= 0.6 is 0 Å². The van der Waals surface area contributed by atoms with Crippen molar-refractivity contribution in [2.75, 3.05) is 0 Å². The average Bonchev–Trinajstić information content (AvgIpc) is 2.23. The third-order valence-corrected chi connectivity index (χ3v) is 4.90. The Bertz CT molecular complexity index is 576. The fourth-order valence-electron chi connectivity index (χ4n) is 1.95. The van der Waals surface area contributed by atoms with Crippen LogP contribution in [0.15, 0.2) is 23.1 Å². The first kappa shape index (κ1) is 13.0. The van der Waals surface area contributed by atoms with E-state index in [0.29, 0.717) is 0 Å². The lowest BCUT2D eigenvalue weighted by Crippen LogP contribution is -2.39. The van der Waals surface area contributed by atoms with Crippen molar-refractivity contribution in [1.29, 1.82) is 0 Å². The Morgan fingerprint density at radius 2 is 2.06 bits per heavy atom. The molecule has 0 aromatic heterocycles. The van der Waals surface area contributed by atoms with Crippen LogP contribution in [0, 0.1) is 6.92 Å². The predicted molar refractivity (Wildman–Crippen MR) is 66.1 cm³/mol. The van der Waals surface area contributed by atoms with Gasteiger partial charge in [0.15, 0.2) is 0 Å². The minimum absolute atomic E-state index is 0.0112. The molecule has 0 radical (unpaired) electrons. The van der Waals surface area contributed by atoms with Gasteiger partial charge in [-0.2, -0.15) is 0 Å². The molecule has 1 fully saturated rings. The van der Waals surface area contributed by atoms with Crippen LogP contribution in [0.2, 0.25) is 0 Å². The Morgan fingerprint density at radius 1 is 1.39 bits per heavy atom. The number of carbonyl (C=O) groups is 1. The highest BCUT2D eigenvalue weighted by Gasteiger charge is 2.26. The maximum atomic E-state index is 12.1. The van der Waals surface area contributed by atoms with Gasteiger partial charge in [0.2, 0.25) is 10.0 Å². The zero-order valence-electron chi connectivity index (χ0n) is 10.0. The van der Waals surface area contributed by atoms with Crippen LogP contribution in [-0.2, 0) is 10.0 Å². The first-order valence-corrected chi connectivity index (χ1v) is 7.25. The predicted octanol–water partition coefficient (Wildman–Crippen LogP) is 1.52. The van der Waals surface area contributed by atoms with Gasteiger partial charge in [0.1, 0.15) is 0 Å². The summed E-state index contributed by atoms with van der Waals surface area (Å²) in [6, 6.07) is 4.28. The van der Waals surface area contributed by atoms with Gasteiger partial charge in [0.05, 0.1) is 10.5 Å². The van der Waals surface area contributed by atoms with Crippen molar-refractivity contribution in [2.24, 2.45) is 0 Å². The number of nitrogens with one attached hydrogen (secondary N) is 1. The summed E-state index contributed by atoms with van der Waals surface area (Å²) in [5.41, 5.74) is 0.295. The first-order chi connectivity index (χ1) is 8.42. The normalized spacial score (nSPS) is 16.3. The molecule has 1 aliphatic rings. The van der Waals surface area contributed by atoms with Crippen molar-refractivity contribution in [3.05, 3.63) is 29.3 Å². The van der Waals surface area contributed by atoms with Crippen molar-refractivity contribution >= 4 is 16.0 Å². The molecule has 0 aliphatic heterocycles. The molecular formula is C12H15NO4S. The molecule has 1 saturated carbocycles. The molecular weight excluding hydrogens is 254 g/mol. The molecule has 0 saturated heterocycles. The third kappa shape index (κ3) is 2.39. The number of carboxylic acids is 1. The fraction of sp³-hybridized carbons (Fsp3) is 0.417. The van der Waals surface area contributed by atoms with E-state index in [1.54, 1.807) is 0 Å². The molecule has 1 aliphatic carbocycles. The minimum atomic E-state index is -3.62. The molecule has 98 valence electrons. The molecule has 0 atom stereocenters. The summed E-state index contributed by atoms with van der Waals surface area (Å²) < 4.78 is 26.8. The summed E-state index contributed by atoms with van der Waals surface area (Å²) in [5, 5.41) is 8.98. The monoisotopic (exact) mass is 269 g/mol.